The summed E-state index contributed by atoms with van der Waals surface area (Å²) in [6, 6.07) is 17.7. The Balaban J connectivity index is 1.44. The zero-order valence-electron chi connectivity index (χ0n) is 17.1. The van der Waals surface area contributed by atoms with Gasteiger partial charge < -0.3 is 0 Å². The van der Waals surface area contributed by atoms with Gasteiger partial charge in [-0.2, -0.15) is 0 Å². The molecule has 6 nitrogen and oxygen atoms in total. The molecule has 0 saturated carbocycles. The van der Waals surface area contributed by atoms with E-state index < -0.39 is 0 Å². The predicted molar refractivity (Wildman–Crippen MR) is 112 cm³/mol. The minimum absolute atomic E-state index is 0.144. The van der Waals surface area contributed by atoms with Crippen LogP contribution in [-0.2, 0) is 13.0 Å². The predicted octanol–water partition coefficient (Wildman–Crippen LogP) is 2.92. The van der Waals surface area contributed by atoms with Crippen molar-refractivity contribution in [1.82, 2.24) is 30.0 Å². The van der Waals surface area contributed by atoms with Crippen LogP contribution in [0.4, 0.5) is 4.39 Å². The first-order valence-electron chi connectivity index (χ1n) is 10.8. The van der Waals surface area contributed by atoms with Gasteiger partial charge in [0.25, 0.3) is 0 Å². The van der Waals surface area contributed by atoms with Crippen molar-refractivity contribution < 1.29 is 4.39 Å². The van der Waals surface area contributed by atoms with E-state index in [2.05, 4.69) is 37.5 Å². The first kappa shape index (κ1) is 19.3. The lowest BCUT2D eigenvalue weighted by Gasteiger charge is -2.41. The third kappa shape index (κ3) is 4.00. The van der Waals surface area contributed by atoms with Crippen LogP contribution in [0, 0.1) is 5.82 Å². The number of piperazine rings is 1. The third-order valence-electron chi connectivity index (χ3n) is 6.41. The number of aryl methyl sites for hydroxylation is 2. The van der Waals surface area contributed by atoms with E-state index in [4.69, 9.17) is 0 Å². The number of benzene rings is 2. The van der Waals surface area contributed by atoms with E-state index in [0.29, 0.717) is 12.6 Å². The number of aromatic nitrogens is 4. The lowest BCUT2D eigenvalue weighted by Crippen LogP contribution is -2.51. The van der Waals surface area contributed by atoms with Gasteiger partial charge in [0, 0.05) is 32.2 Å². The molecule has 2 aliphatic heterocycles. The Bertz CT molecular complexity index is 975. The van der Waals surface area contributed by atoms with E-state index in [1.54, 1.807) is 12.1 Å². The second kappa shape index (κ2) is 8.62. The third-order valence-corrected chi connectivity index (χ3v) is 6.41. The minimum atomic E-state index is -0.222. The van der Waals surface area contributed by atoms with Gasteiger partial charge in [-0.15, -0.1) is 5.10 Å². The molecule has 7 heteroatoms. The van der Waals surface area contributed by atoms with Crippen LogP contribution in [0.3, 0.4) is 0 Å². The van der Waals surface area contributed by atoms with E-state index in [-0.39, 0.29) is 11.9 Å². The Kier molecular flexibility index (Phi) is 5.55. The highest BCUT2D eigenvalue weighted by atomic mass is 19.1. The molecule has 30 heavy (non-hydrogen) atoms. The molecule has 3 aromatic rings. The summed E-state index contributed by atoms with van der Waals surface area (Å²) in [7, 11) is 0. The molecule has 5 rings (SSSR count). The van der Waals surface area contributed by atoms with Gasteiger partial charge >= 0.3 is 0 Å². The molecule has 0 unspecified atom stereocenters. The topological polar surface area (TPSA) is 50.1 Å². The van der Waals surface area contributed by atoms with Crippen molar-refractivity contribution in [3.63, 3.8) is 0 Å². The van der Waals surface area contributed by atoms with Crippen LogP contribution in [0.5, 0.6) is 0 Å². The number of hydrogen-bond acceptors (Lipinski definition) is 5. The Morgan fingerprint density at radius 2 is 1.93 bits per heavy atom. The molecule has 0 aliphatic carbocycles. The van der Waals surface area contributed by atoms with Gasteiger partial charge in [0.2, 0.25) is 0 Å². The summed E-state index contributed by atoms with van der Waals surface area (Å²) in [6.07, 6.45) is 3.34. The maximum Gasteiger partial charge on any atom is 0.173 e. The standard InChI is InChI=1S/C23H27FN6/c24-20-9-4-8-19(16-20)22(29-15-14-28-12-5-10-21(28)17-29)23-25-26-27-30(23)13-11-18-6-2-1-3-7-18/h1-4,6-9,16,21-22H,5,10-15,17H2/t21-,22+/m1/s1. The van der Waals surface area contributed by atoms with Crippen molar-refractivity contribution in [3.05, 3.63) is 77.4 Å². The van der Waals surface area contributed by atoms with Gasteiger partial charge in [-0.25, -0.2) is 9.07 Å². The second-order valence-electron chi connectivity index (χ2n) is 8.28. The van der Waals surface area contributed by atoms with Crippen LogP contribution in [0.25, 0.3) is 0 Å². The fourth-order valence-electron chi connectivity index (χ4n) is 4.90. The van der Waals surface area contributed by atoms with Crippen molar-refractivity contribution in [3.8, 4) is 0 Å². The molecular weight excluding hydrogens is 379 g/mol. The van der Waals surface area contributed by atoms with Crippen LogP contribution in [0.15, 0.2) is 54.6 Å². The second-order valence-corrected chi connectivity index (χ2v) is 8.28. The molecule has 3 heterocycles. The van der Waals surface area contributed by atoms with Gasteiger partial charge in [0.15, 0.2) is 5.82 Å². The lowest BCUT2D eigenvalue weighted by molar-refractivity contribution is 0.0792. The van der Waals surface area contributed by atoms with Crippen molar-refractivity contribution in [2.75, 3.05) is 26.2 Å². The summed E-state index contributed by atoms with van der Waals surface area (Å²) < 4.78 is 16.0. The molecule has 1 aromatic heterocycles. The summed E-state index contributed by atoms with van der Waals surface area (Å²) in [5.74, 6) is 0.572. The van der Waals surface area contributed by atoms with Gasteiger partial charge in [-0.3, -0.25) is 9.80 Å². The molecule has 0 N–H and O–H groups in total. The molecule has 2 atom stereocenters. The van der Waals surface area contributed by atoms with Crippen LogP contribution in [0.1, 0.15) is 35.8 Å². The molecular formula is C23H27FN6. The fourth-order valence-corrected chi connectivity index (χ4v) is 4.90. The van der Waals surface area contributed by atoms with Crippen LogP contribution in [0.2, 0.25) is 0 Å². The summed E-state index contributed by atoms with van der Waals surface area (Å²) in [6.45, 7) is 4.83. The first-order valence-corrected chi connectivity index (χ1v) is 10.8. The van der Waals surface area contributed by atoms with Crippen molar-refractivity contribution in [2.45, 2.75) is 37.9 Å². The van der Waals surface area contributed by atoms with Crippen molar-refractivity contribution in [2.24, 2.45) is 0 Å². The largest absolute Gasteiger partial charge is 0.298 e. The maximum atomic E-state index is 14.1. The normalized spacial score (nSPS) is 20.9. The zero-order chi connectivity index (χ0) is 20.3. The molecule has 2 aromatic carbocycles. The quantitative estimate of drug-likeness (QED) is 0.630. The van der Waals surface area contributed by atoms with E-state index in [0.717, 1.165) is 37.4 Å². The Morgan fingerprint density at radius 3 is 2.80 bits per heavy atom. The summed E-state index contributed by atoms with van der Waals surface area (Å²) in [5, 5.41) is 12.7. The highest BCUT2D eigenvalue weighted by Gasteiger charge is 2.36. The van der Waals surface area contributed by atoms with E-state index in [9.17, 15) is 4.39 Å². The number of tetrazole rings is 1. The van der Waals surface area contributed by atoms with Gasteiger partial charge in [0.1, 0.15) is 5.82 Å². The molecule has 0 amide bonds. The highest BCUT2D eigenvalue weighted by Crippen LogP contribution is 2.32. The maximum absolute atomic E-state index is 14.1. The Morgan fingerprint density at radius 1 is 1.03 bits per heavy atom. The van der Waals surface area contributed by atoms with Gasteiger partial charge in [-0.05, 0) is 59.5 Å². The van der Waals surface area contributed by atoms with E-state index >= 15 is 0 Å². The lowest BCUT2D eigenvalue weighted by atomic mass is 10.0. The SMILES string of the molecule is Fc1cccc([C@@H](c2nnnn2CCc2ccccc2)N2CCN3CCC[C@@H]3C2)c1. The molecule has 156 valence electrons. The molecule has 0 radical (unpaired) electrons. The van der Waals surface area contributed by atoms with Crippen LogP contribution in [-0.4, -0.2) is 62.2 Å². The number of rotatable bonds is 6. The van der Waals surface area contributed by atoms with E-state index in [1.165, 1.54) is 31.0 Å². The average Bonchev–Trinajstić information content (AvgIpc) is 3.42. The summed E-state index contributed by atoms with van der Waals surface area (Å²) >= 11 is 0. The Labute approximate surface area is 176 Å². The van der Waals surface area contributed by atoms with Crippen LogP contribution < -0.4 is 0 Å². The smallest absolute Gasteiger partial charge is 0.173 e. The number of nitrogens with zero attached hydrogens (tertiary/aromatic N) is 6. The number of halogens is 1. The molecule has 0 spiro atoms. The van der Waals surface area contributed by atoms with Gasteiger partial charge in [-0.1, -0.05) is 42.5 Å². The molecule has 2 fully saturated rings. The van der Waals surface area contributed by atoms with Crippen molar-refractivity contribution in [1.29, 1.82) is 0 Å². The average molecular weight is 407 g/mol. The number of fused-ring (bicyclic) bond motifs is 1. The summed E-state index contributed by atoms with van der Waals surface area (Å²) in [4.78, 5) is 5.02. The minimum Gasteiger partial charge on any atom is -0.298 e. The first-order chi connectivity index (χ1) is 14.8. The zero-order valence-corrected chi connectivity index (χ0v) is 17.1. The highest BCUT2D eigenvalue weighted by molar-refractivity contribution is 5.26. The molecule has 0 bridgehead atoms. The fraction of sp³-hybridized carbons (Fsp3) is 0.435. The Hall–Kier alpha value is -2.64. The van der Waals surface area contributed by atoms with Crippen LogP contribution >= 0.6 is 0 Å². The summed E-state index contributed by atoms with van der Waals surface area (Å²) in [5.41, 5.74) is 2.16. The molecule has 2 saturated heterocycles. The molecule has 2 aliphatic rings. The van der Waals surface area contributed by atoms with Gasteiger partial charge in [0.05, 0.1) is 6.04 Å². The monoisotopic (exact) mass is 406 g/mol. The van der Waals surface area contributed by atoms with Crippen molar-refractivity contribution >= 4 is 0 Å². The number of hydrogen-bond donors (Lipinski definition) is 0. The van der Waals surface area contributed by atoms with E-state index in [1.807, 2.05) is 28.9 Å².